The molecule has 0 aliphatic heterocycles. The van der Waals surface area contributed by atoms with E-state index in [9.17, 15) is 14.3 Å². The van der Waals surface area contributed by atoms with Crippen molar-refractivity contribution < 1.29 is 14.3 Å². The third-order valence-electron chi connectivity index (χ3n) is 2.76. The van der Waals surface area contributed by atoms with Gasteiger partial charge in [0.25, 0.3) is 0 Å². The van der Waals surface area contributed by atoms with Crippen LogP contribution < -0.4 is 0 Å². The second kappa shape index (κ2) is 4.95. The third-order valence-corrected chi connectivity index (χ3v) is 2.76. The number of nitrogens with zero attached hydrogens (tertiary/aromatic N) is 3. The van der Waals surface area contributed by atoms with E-state index in [-0.39, 0.29) is 12.2 Å². The minimum atomic E-state index is -0.954. The fraction of sp³-hybridized carbons (Fsp3) is 0.250. The molecule has 0 bridgehead atoms. The average molecular weight is 249 g/mol. The molecule has 0 radical (unpaired) electrons. The van der Waals surface area contributed by atoms with E-state index < -0.39 is 11.9 Å². The number of aryl methyl sites for hydroxylation is 1. The molecular weight excluding hydrogens is 237 g/mol. The van der Waals surface area contributed by atoms with Crippen molar-refractivity contribution in [1.82, 2.24) is 15.0 Å². The summed E-state index contributed by atoms with van der Waals surface area (Å²) in [5, 5.41) is 16.6. The summed E-state index contributed by atoms with van der Waals surface area (Å²) in [6, 6.07) is 5.79. The van der Waals surface area contributed by atoms with E-state index in [1.807, 2.05) is 0 Å². The van der Waals surface area contributed by atoms with Crippen LogP contribution in [0.25, 0.3) is 0 Å². The number of hydrogen-bond donors (Lipinski definition) is 1. The maximum atomic E-state index is 12.8. The molecule has 1 atom stereocenters. The molecule has 0 spiro atoms. The number of carboxylic acids is 1. The van der Waals surface area contributed by atoms with Crippen molar-refractivity contribution in [1.29, 1.82) is 0 Å². The van der Waals surface area contributed by atoms with Gasteiger partial charge in [0.15, 0.2) is 0 Å². The Morgan fingerprint density at radius 1 is 1.44 bits per heavy atom. The summed E-state index contributed by atoms with van der Waals surface area (Å²) >= 11 is 0. The van der Waals surface area contributed by atoms with E-state index in [2.05, 4.69) is 10.3 Å². The summed E-state index contributed by atoms with van der Waals surface area (Å²) in [7, 11) is 1.64. The Morgan fingerprint density at radius 2 is 2.11 bits per heavy atom. The SMILES string of the molecule is Cn1nncc1C(Cc1ccc(F)cc1)C(=O)O. The van der Waals surface area contributed by atoms with Crippen molar-refractivity contribution in [2.45, 2.75) is 12.3 Å². The van der Waals surface area contributed by atoms with Gasteiger partial charge in [-0.3, -0.25) is 9.48 Å². The van der Waals surface area contributed by atoms with Crippen molar-refractivity contribution in [3.8, 4) is 0 Å². The van der Waals surface area contributed by atoms with Crippen molar-refractivity contribution in [2.24, 2.45) is 7.05 Å². The zero-order valence-electron chi connectivity index (χ0n) is 9.75. The summed E-state index contributed by atoms with van der Waals surface area (Å²) in [5.41, 5.74) is 1.27. The van der Waals surface area contributed by atoms with Crippen LogP contribution >= 0.6 is 0 Å². The van der Waals surface area contributed by atoms with Crippen LogP contribution in [0.1, 0.15) is 17.2 Å². The minimum absolute atomic E-state index is 0.275. The smallest absolute Gasteiger partial charge is 0.312 e. The van der Waals surface area contributed by atoms with Gasteiger partial charge >= 0.3 is 5.97 Å². The van der Waals surface area contributed by atoms with Crippen molar-refractivity contribution >= 4 is 5.97 Å². The molecule has 0 fully saturated rings. The molecule has 94 valence electrons. The Morgan fingerprint density at radius 3 is 2.61 bits per heavy atom. The molecule has 6 heteroatoms. The van der Waals surface area contributed by atoms with E-state index in [4.69, 9.17) is 0 Å². The highest BCUT2D eigenvalue weighted by molar-refractivity contribution is 5.75. The first kappa shape index (κ1) is 12.2. The maximum Gasteiger partial charge on any atom is 0.312 e. The van der Waals surface area contributed by atoms with Gasteiger partial charge in [-0.2, -0.15) is 0 Å². The number of carboxylic acid groups (broad SMARTS) is 1. The minimum Gasteiger partial charge on any atom is -0.481 e. The van der Waals surface area contributed by atoms with Crippen LogP contribution in [0.15, 0.2) is 30.5 Å². The van der Waals surface area contributed by atoms with Gasteiger partial charge in [0.2, 0.25) is 0 Å². The van der Waals surface area contributed by atoms with E-state index in [1.54, 1.807) is 19.2 Å². The fourth-order valence-electron chi connectivity index (χ4n) is 1.79. The molecule has 0 amide bonds. The zero-order valence-corrected chi connectivity index (χ0v) is 9.75. The molecular formula is C12H12FN3O2. The van der Waals surface area contributed by atoms with E-state index >= 15 is 0 Å². The summed E-state index contributed by atoms with van der Waals surface area (Å²) < 4.78 is 14.2. The van der Waals surface area contributed by atoms with Gasteiger partial charge in [0, 0.05) is 7.05 Å². The molecule has 0 saturated heterocycles. The Hall–Kier alpha value is -2.24. The van der Waals surface area contributed by atoms with E-state index in [0.29, 0.717) is 5.69 Å². The fourth-order valence-corrected chi connectivity index (χ4v) is 1.79. The highest BCUT2D eigenvalue weighted by Gasteiger charge is 2.23. The average Bonchev–Trinajstić information content (AvgIpc) is 2.74. The number of aliphatic carboxylic acids is 1. The van der Waals surface area contributed by atoms with E-state index in [0.717, 1.165) is 5.56 Å². The van der Waals surface area contributed by atoms with Gasteiger partial charge in [-0.25, -0.2) is 4.39 Å². The monoisotopic (exact) mass is 249 g/mol. The molecule has 2 aromatic rings. The first-order valence-corrected chi connectivity index (χ1v) is 5.39. The highest BCUT2D eigenvalue weighted by atomic mass is 19.1. The number of carbonyl (C=O) groups is 1. The molecule has 1 aromatic carbocycles. The van der Waals surface area contributed by atoms with Crippen LogP contribution in [0.3, 0.4) is 0 Å². The van der Waals surface area contributed by atoms with Crippen LogP contribution in [0.2, 0.25) is 0 Å². The van der Waals surface area contributed by atoms with Crippen molar-refractivity contribution in [2.75, 3.05) is 0 Å². The first-order chi connectivity index (χ1) is 8.58. The van der Waals surface area contributed by atoms with Crippen LogP contribution in [-0.4, -0.2) is 26.1 Å². The number of benzene rings is 1. The van der Waals surface area contributed by atoms with Crippen LogP contribution in [0.4, 0.5) is 4.39 Å². The molecule has 0 aliphatic carbocycles. The van der Waals surface area contributed by atoms with Gasteiger partial charge in [-0.1, -0.05) is 17.3 Å². The molecule has 1 heterocycles. The van der Waals surface area contributed by atoms with Crippen LogP contribution in [0.5, 0.6) is 0 Å². The summed E-state index contributed by atoms with van der Waals surface area (Å²) in [6.07, 6.45) is 1.71. The standard InChI is InChI=1S/C12H12FN3O2/c1-16-11(7-14-15-16)10(12(17)18)6-8-2-4-9(13)5-3-8/h2-5,7,10H,6H2,1H3,(H,17,18). The molecule has 18 heavy (non-hydrogen) atoms. The predicted molar refractivity (Wildman–Crippen MR) is 61.5 cm³/mol. The number of halogens is 1. The second-order valence-electron chi connectivity index (χ2n) is 4.00. The molecule has 0 aliphatic rings. The zero-order chi connectivity index (χ0) is 13.1. The number of aromatic nitrogens is 3. The number of rotatable bonds is 4. The molecule has 1 N–H and O–H groups in total. The van der Waals surface area contributed by atoms with Crippen LogP contribution in [0, 0.1) is 5.82 Å². The molecule has 2 rings (SSSR count). The number of hydrogen-bond acceptors (Lipinski definition) is 3. The van der Waals surface area contributed by atoms with Gasteiger partial charge in [0.1, 0.15) is 11.7 Å². The Labute approximate surface area is 103 Å². The van der Waals surface area contributed by atoms with Gasteiger partial charge < -0.3 is 5.11 Å². The summed E-state index contributed by atoms with van der Waals surface area (Å²) in [5.74, 6) is -2.03. The Bertz CT molecular complexity index is 551. The van der Waals surface area contributed by atoms with Crippen LogP contribution in [-0.2, 0) is 18.3 Å². The lowest BCUT2D eigenvalue weighted by Gasteiger charge is -2.11. The first-order valence-electron chi connectivity index (χ1n) is 5.39. The maximum absolute atomic E-state index is 12.8. The molecule has 1 unspecified atom stereocenters. The highest BCUT2D eigenvalue weighted by Crippen LogP contribution is 2.20. The lowest BCUT2D eigenvalue weighted by Crippen LogP contribution is -2.17. The summed E-state index contributed by atoms with van der Waals surface area (Å²) in [4.78, 5) is 11.3. The topological polar surface area (TPSA) is 68.0 Å². The summed E-state index contributed by atoms with van der Waals surface area (Å²) in [6.45, 7) is 0. The molecule has 1 aromatic heterocycles. The van der Waals surface area contributed by atoms with Gasteiger partial charge in [-0.05, 0) is 24.1 Å². The third kappa shape index (κ3) is 2.53. The predicted octanol–water partition coefficient (Wildman–Crippen LogP) is 1.37. The van der Waals surface area contributed by atoms with Gasteiger partial charge in [0.05, 0.1) is 11.9 Å². The normalized spacial score (nSPS) is 12.3. The Kier molecular flexibility index (Phi) is 3.36. The molecule has 5 nitrogen and oxygen atoms in total. The van der Waals surface area contributed by atoms with Gasteiger partial charge in [-0.15, -0.1) is 5.10 Å². The van der Waals surface area contributed by atoms with Crippen molar-refractivity contribution in [3.05, 3.63) is 47.5 Å². The van der Waals surface area contributed by atoms with E-state index in [1.165, 1.54) is 23.0 Å². The lowest BCUT2D eigenvalue weighted by atomic mass is 9.96. The second-order valence-corrected chi connectivity index (χ2v) is 4.00. The largest absolute Gasteiger partial charge is 0.481 e. The molecule has 0 saturated carbocycles. The quantitative estimate of drug-likeness (QED) is 0.888. The van der Waals surface area contributed by atoms with Crippen molar-refractivity contribution in [3.63, 3.8) is 0 Å². The Balaban J connectivity index is 2.25. The lowest BCUT2D eigenvalue weighted by molar-refractivity contribution is -0.138.